The van der Waals surface area contributed by atoms with E-state index >= 15 is 0 Å². The quantitative estimate of drug-likeness (QED) is 0.391. The van der Waals surface area contributed by atoms with Crippen LogP contribution in [-0.4, -0.2) is 55.3 Å². The van der Waals surface area contributed by atoms with Crippen LogP contribution in [0.1, 0.15) is 12.0 Å². The van der Waals surface area contributed by atoms with Gasteiger partial charge in [-0.15, -0.1) is 0 Å². The summed E-state index contributed by atoms with van der Waals surface area (Å²) in [4.78, 5) is 26.8. The molecule has 0 aromatic heterocycles. The van der Waals surface area contributed by atoms with Crippen molar-refractivity contribution in [2.45, 2.75) is 29.6 Å². The van der Waals surface area contributed by atoms with Gasteiger partial charge >= 0.3 is 12.2 Å². The second-order valence-electron chi connectivity index (χ2n) is 9.01. The van der Waals surface area contributed by atoms with Crippen molar-refractivity contribution in [2.24, 2.45) is 0 Å². The van der Waals surface area contributed by atoms with Crippen molar-refractivity contribution in [1.82, 2.24) is 4.90 Å². The van der Waals surface area contributed by atoms with Gasteiger partial charge in [-0.05, 0) is 48.0 Å². The first kappa shape index (κ1) is 28.4. The van der Waals surface area contributed by atoms with Crippen LogP contribution in [0, 0.1) is 0 Å². The number of nitrogens with zero attached hydrogens (tertiary/aromatic N) is 1. The van der Waals surface area contributed by atoms with E-state index in [-0.39, 0.29) is 29.0 Å². The zero-order valence-electron chi connectivity index (χ0n) is 20.4. The molecule has 1 heterocycles. The average Bonchev–Trinajstić information content (AvgIpc) is 3.26. The molecule has 1 saturated heterocycles. The van der Waals surface area contributed by atoms with Crippen LogP contribution in [0.4, 0.5) is 29.3 Å². The Morgan fingerprint density at radius 3 is 2.33 bits per heavy atom. The van der Waals surface area contributed by atoms with Gasteiger partial charge in [-0.2, -0.15) is 13.2 Å². The summed E-state index contributed by atoms with van der Waals surface area (Å²) in [6.45, 7) is -0.204. The van der Waals surface area contributed by atoms with Crippen molar-refractivity contribution in [3.63, 3.8) is 0 Å². The summed E-state index contributed by atoms with van der Waals surface area (Å²) in [7, 11) is -3.74. The van der Waals surface area contributed by atoms with Gasteiger partial charge in [0.25, 0.3) is 0 Å². The van der Waals surface area contributed by atoms with Gasteiger partial charge in [0, 0.05) is 35.5 Å². The topological polar surface area (TPSA) is 116 Å². The number of rotatable bonds is 5. The summed E-state index contributed by atoms with van der Waals surface area (Å²) in [5.74, 6) is -0.924. The second-order valence-corrected chi connectivity index (χ2v) is 11.4. The number of carbonyl (C=O) groups is 2. The number of nitrogens with one attached hydrogen (secondary N) is 2. The van der Waals surface area contributed by atoms with E-state index in [1.807, 2.05) is 0 Å². The Morgan fingerprint density at radius 2 is 1.69 bits per heavy atom. The first-order valence-electron chi connectivity index (χ1n) is 11.6. The lowest BCUT2D eigenvalue weighted by Gasteiger charge is -2.25. The molecule has 1 aliphatic rings. The van der Waals surface area contributed by atoms with Gasteiger partial charge in [0.15, 0.2) is 9.84 Å². The molecule has 3 amide bonds. The fourth-order valence-electron chi connectivity index (χ4n) is 4.32. The Balaban J connectivity index is 1.61. The van der Waals surface area contributed by atoms with Gasteiger partial charge in [0.2, 0.25) is 5.91 Å². The number of halogens is 4. The average molecular weight is 582 g/mol. The van der Waals surface area contributed by atoms with Crippen molar-refractivity contribution < 1.29 is 36.3 Å². The number of aliphatic hydroxyl groups is 1. The van der Waals surface area contributed by atoms with Gasteiger partial charge in [-0.1, -0.05) is 35.9 Å². The minimum absolute atomic E-state index is 0.0124. The van der Waals surface area contributed by atoms with E-state index in [1.165, 1.54) is 54.6 Å². The molecule has 206 valence electrons. The zero-order valence-corrected chi connectivity index (χ0v) is 21.9. The molecular weight excluding hydrogens is 559 g/mol. The van der Waals surface area contributed by atoms with Crippen LogP contribution in [-0.2, 0) is 20.8 Å². The number of sulfone groups is 1. The minimum Gasteiger partial charge on any atom is -0.391 e. The summed E-state index contributed by atoms with van der Waals surface area (Å²) in [6, 6.07) is 12.9. The van der Waals surface area contributed by atoms with Crippen LogP contribution in [0.3, 0.4) is 0 Å². The number of alkyl halides is 3. The van der Waals surface area contributed by atoms with Crippen molar-refractivity contribution >= 4 is 44.8 Å². The van der Waals surface area contributed by atoms with E-state index in [0.717, 1.165) is 23.3 Å². The van der Waals surface area contributed by atoms with Crippen LogP contribution in [0.25, 0.3) is 11.1 Å². The monoisotopic (exact) mass is 581 g/mol. The Labute approximate surface area is 227 Å². The first-order valence-corrected chi connectivity index (χ1v) is 13.8. The largest absolute Gasteiger partial charge is 0.418 e. The molecule has 2 unspecified atom stereocenters. The third-order valence-corrected chi connectivity index (χ3v) is 7.53. The van der Waals surface area contributed by atoms with E-state index in [1.54, 1.807) is 0 Å². The van der Waals surface area contributed by atoms with Gasteiger partial charge in [0.1, 0.15) is 6.04 Å². The normalized spacial score (nSPS) is 17.6. The Kier molecular flexibility index (Phi) is 7.92. The van der Waals surface area contributed by atoms with Gasteiger partial charge in [0.05, 0.1) is 22.3 Å². The van der Waals surface area contributed by atoms with E-state index < -0.39 is 51.3 Å². The standard InChI is InChI=1S/C26H23ClF3N3O5S/c1-39(37,38)23-5-3-2-4-19(23)15-6-11-21(20(12-15)26(28,29)30)32-24(35)22-13-18(34)14-33(22)25(36)31-17-9-7-16(27)8-10-17/h2-12,18,22,34H,13-14H2,1H3,(H,31,36)(H,32,35). The number of urea groups is 1. The molecule has 4 rings (SSSR count). The third kappa shape index (κ3) is 6.52. The highest BCUT2D eigenvalue weighted by Gasteiger charge is 2.40. The molecule has 1 aliphatic heterocycles. The lowest BCUT2D eigenvalue weighted by atomic mass is 10.0. The number of aliphatic hydroxyl groups excluding tert-OH is 1. The number of hydrogen-bond acceptors (Lipinski definition) is 5. The Hall–Kier alpha value is -3.61. The molecule has 0 radical (unpaired) electrons. The molecule has 0 aliphatic carbocycles. The molecule has 0 saturated carbocycles. The maximum atomic E-state index is 14.1. The highest BCUT2D eigenvalue weighted by atomic mass is 35.5. The van der Waals surface area contributed by atoms with Crippen molar-refractivity contribution in [1.29, 1.82) is 0 Å². The van der Waals surface area contributed by atoms with Gasteiger partial charge in [-0.25, -0.2) is 13.2 Å². The van der Waals surface area contributed by atoms with Crippen molar-refractivity contribution in [3.05, 3.63) is 77.3 Å². The molecule has 13 heteroatoms. The fourth-order valence-corrected chi connectivity index (χ4v) is 5.35. The fraction of sp³-hybridized carbons (Fsp3) is 0.231. The number of anilines is 2. The molecule has 3 N–H and O–H groups in total. The number of benzene rings is 3. The molecule has 0 spiro atoms. The third-order valence-electron chi connectivity index (χ3n) is 6.12. The maximum absolute atomic E-state index is 14.1. The molecule has 3 aromatic carbocycles. The van der Waals surface area contributed by atoms with E-state index in [9.17, 15) is 36.3 Å². The van der Waals surface area contributed by atoms with Crippen LogP contribution in [0.5, 0.6) is 0 Å². The Bertz CT molecular complexity index is 1510. The van der Waals surface area contributed by atoms with Gasteiger partial charge < -0.3 is 20.6 Å². The Morgan fingerprint density at radius 1 is 1.03 bits per heavy atom. The molecule has 39 heavy (non-hydrogen) atoms. The highest BCUT2D eigenvalue weighted by Crippen LogP contribution is 2.39. The molecule has 1 fully saturated rings. The van der Waals surface area contributed by atoms with Crippen molar-refractivity contribution in [2.75, 3.05) is 23.4 Å². The molecule has 8 nitrogen and oxygen atoms in total. The van der Waals surface area contributed by atoms with E-state index in [2.05, 4.69) is 10.6 Å². The number of hydrogen-bond donors (Lipinski definition) is 3. The minimum atomic E-state index is -4.90. The molecule has 3 aromatic rings. The number of β-amino-alcohol motifs (C(OH)–C–C–N with tert-alkyl or cyclic N) is 1. The van der Waals surface area contributed by atoms with Crippen molar-refractivity contribution in [3.8, 4) is 11.1 Å². The van der Waals surface area contributed by atoms with E-state index in [0.29, 0.717) is 10.7 Å². The summed E-state index contributed by atoms with van der Waals surface area (Å²) < 4.78 is 66.5. The predicted octanol–water partition coefficient (Wildman–Crippen LogP) is 5.04. The molecule has 0 bridgehead atoms. The lowest BCUT2D eigenvalue weighted by Crippen LogP contribution is -2.45. The van der Waals surface area contributed by atoms with Crippen LogP contribution < -0.4 is 10.6 Å². The van der Waals surface area contributed by atoms with Crippen LogP contribution in [0.2, 0.25) is 5.02 Å². The van der Waals surface area contributed by atoms with Crippen LogP contribution in [0.15, 0.2) is 71.6 Å². The van der Waals surface area contributed by atoms with E-state index in [4.69, 9.17) is 11.6 Å². The first-order chi connectivity index (χ1) is 18.2. The molecular formula is C26H23ClF3N3O5S. The number of carbonyl (C=O) groups excluding carboxylic acids is 2. The van der Waals surface area contributed by atoms with Crippen LogP contribution >= 0.6 is 11.6 Å². The summed E-state index contributed by atoms with van der Waals surface area (Å²) in [6.07, 6.45) is -5.19. The lowest BCUT2D eigenvalue weighted by molar-refractivity contribution is -0.137. The number of amides is 3. The summed E-state index contributed by atoms with van der Waals surface area (Å²) in [5.41, 5.74) is -1.34. The van der Waals surface area contributed by atoms with Gasteiger partial charge in [-0.3, -0.25) is 4.79 Å². The summed E-state index contributed by atoms with van der Waals surface area (Å²) >= 11 is 5.84. The molecule has 2 atom stereocenters. The summed E-state index contributed by atoms with van der Waals surface area (Å²) in [5, 5.41) is 15.4. The zero-order chi connectivity index (χ0) is 28.5. The predicted molar refractivity (Wildman–Crippen MR) is 140 cm³/mol. The maximum Gasteiger partial charge on any atom is 0.418 e. The number of likely N-dealkylation sites (tertiary alicyclic amines) is 1. The highest BCUT2D eigenvalue weighted by molar-refractivity contribution is 7.90. The second kappa shape index (κ2) is 10.9. The SMILES string of the molecule is CS(=O)(=O)c1ccccc1-c1ccc(NC(=O)C2CC(O)CN2C(=O)Nc2ccc(Cl)cc2)c(C(F)(F)F)c1. The smallest absolute Gasteiger partial charge is 0.391 e.